The minimum absolute atomic E-state index is 0. The molecule has 2 N–H and O–H groups in total. The summed E-state index contributed by atoms with van der Waals surface area (Å²) < 4.78 is 0. The molecule has 0 aromatic carbocycles. The van der Waals surface area contributed by atoms with Crippen molar-refractivity contribution >= 4 is 26.9 Å². The molecule has 1 unspecified atom stereocenters. The van der Waals surface area contributed by atoms with E-state index in [2.05, 4.69) is 0 Å². The molecule has 0 bridgehead atoms. The Balaban J connectivity index is -0.0000000491. The first-order valence-corrected chi connectivity index (χ1v) is 4.40. The predicted molar refractivity (Wildman–Crippen MR) is 70.2 cm³/mol. The summed E-state index contributed by atoms with van der Waals surface area (Å²) in [6.07, 6.45) is 0. The van der Waals surface area contributed by atoms with Crippen molar-refractivity contribution in [3.63, 3.8) is 0 Å². The summed E-state index contributed by atoms with van der Waals surface area (Å²) in [6, 6.07) is 0.0370. The van der Waals surface area contributed by atoms with E-state index in [1.54, 1.807) is 5.97 Å². The van der Waals surface area contributed by atoms with Crippen LogP contribution in [0.4, 0.5) is 0 Å². The van der Waals surface area contributed by atoms with Crippen molar-refractivity contribution in [1.82, 2.24) is 0 Å². The van der Waals surface area contributed by atoms with E-state index in [0.717, 1.165) is 0 Å². The van der Waals surface area contributed by atoms with E-state index in [-0.39, 0.29) is 13.5 Å². The molecule has 0 spiro atoms. The number of nitrogens with two attached hydrogens (primary N) is 1. The second-order valence-corrected chi connectivity index (χ2v) is 2.49. The number of hydrogen-bond acceptors (Lipinski definition) is 1. The van der Waals surface area contributed by atoms with Crippen LogP contribution in [-0.4, -0.2) is 32.9 Å². The van der Waals surface area contributed by atoms with Gasteiger partial charge in [-0.15, -0.1) is 0 Å². The van der Waals surface area contributed by atoms with Crippen LogP contribution in [0.5, 0.6) is 0 Å². The molecule has 2 radical (unpaired) electrons. The zero-order chi connectivity index (χ0) is 10.6. The van der Waals surface area contributed by atoms with Gasteiger partial charge in [0.25, 0.3) is 0 Å². The van der Waals surface area contributed by atoms with E-state index in [1.165, 1.54) is 5.97 Å². The molecular formula is C10H25B2N. The monoisotopic (exact) mass is 181 g/mol. The Morgan fingerprint density at radius 1 is 1.00 bits per heavy atom. The summed E-state index contributed by atoms with van der Waals surface area (Å²) >= 11 is 0. The molecule has 0 aliphatic heterocycles. The summed E-state index contributed by atoms with van der Waals surface area (Å²) in [4.78, 5) is 0. The van der Waals surface area contributed by atoms with Crippen LogP contribution in [0, 0.1) is 5.92 Å². The van der Waals surface area contributed by atoms with Gasteiger partial charge in [0.15, 0.2) is 0 Å². The van der Waals surface area contributed by atoms with Crippen LogP contribution in [-0.2, 0) is 0 Å². The molecule has 3 heteroatoms. The van der Waals surface area contributed by atoms with E-state index >= 15 is 0 Å². The Hall–Kier alpha value is -0.170. The molecule has 0 aromatic heterocycles. The van der Waals surface area contributed by atoms with Gasteiger partial charge in [-0.05, 0) is 0 Å². The van der Waals surface area contributed by atoms with Crippen molar-refractivity contribution in [2.45, 2.75) is 48.1 Å². The van der Waals surface area contributed by atoms with Gasteiger partial charge in [0.1, 0.15) is 0 Å². The summed E-state index contributed by atoms with van der Waals surface area (Å²) in [5.74, 6) is 3.65. The summed E-state index contributed by atoms with van der Waals surface area (Å²) in [5, 5.41) is 0. The van der Waals surface area contributed by atoms with Crippen molar-refractivity contribution in [3.8, 4) is 0 Å². The second-order valence-electron chi connectivity index (χ2n) is 2.49. The Kier molecular flexibility index (Phi) is 40.1. The van der Waals surface area contributed by atoms with Crippen molar-refractivity contribution in [2.24, 2.45) is 11.7 Å². The molecule has 0 aromatic rings. The van der Waals surface area contributed by atoms with Gasteiger partial charge < -0.3 is 0 Å². The second kappa shape index (κ2) is 22.6. The SMILES string of the molecule is C.CC.[B]=CC(C)C.[B]=CC(C)N. The zero-order valence-corrected chi connectivity index (χ0v) is 9.04. The molecule has 0 heterocycles. The normalized spacial score (nSPS) is 9.00. The van der Waals surface area contributed by atoms with Crippen LogP contribution >= 0.6 is 0 Å². The van der Waals surface area contributed by atoms with Gasteiger partial charge >= 0.3 is 65.4 Å². The van der Waals surface area contributed by atoms with Crippen LogP contribution in [0.25, 0.3) is 0 Å². The first-order chi connectivity index (χ1) is 5.54. The van der Waals surface area contributed by atoms with E-state index < -0.39 is 0 Å². The van der Waals surface area contributed by atoms with Gasteiger partial charge in [0.05, 0.1) is 0 Å². The fourth-order valence-corrected chi connectivity index (χ4v) is 0. The molecule has 0 saturated heterocycles. The molecule has 0 amide bonds. The zero-order valence-electron chi connectivity index (χ0n) is 9.04. The molecule has 0 aliphatic carbocycles. The van der Waals surface area contributed by atoms with Crippen LogP contribution in [0.1, 0.15) is 42.0 Å². The van der Waals surface area contributed by atoms with E-state index in [4.69, 9.17) is 20.7 Å². The quantitative estimate of drug-likeness (QED) is 0.643. The van der Waals surface area contributed by atoms with Crippen LogP contribution in [0.3, 0.4) is 0 Å². The average molecular weight is 181 g/mol. The van der Waals surface area contributed by atoms with E-state index in [1.807, 2.05) is 34.6 Å². The molecule has 0 fully saturated rings. The Morgan fingerprint density at radius 2 is 1.15 bits per heavy atom. The van der Waals surface area contributed by atoms with Gasteiger partial charge in [-0.25, -0.2) is 0 Å². The third-order valence-corrected chi connectivity index (χ3v) is 0.688. The van der Waals surface area contributed by atoms with Gasteiger partial charge in [-0.2, -0.15) is 0 Å². The third-order valence-electron chi connectivity index (χ3n) is 0.688. The van der Waals surface area contributed by atoms with E-state index in [0.29, 0.717) is 5.92 Å². The summed E-state index contributed by atoms with van der Waals surface area (Å²) in [5.41, 5.74) is 5.11. The number of rotatable bonds is 2. The topological polar surface area (TPSA) is 26.0 Å². The minimum atomic E-state index is 0. The standard InChI is InChI=1S/C4H8B.C3H7BN.C2H6.CH4/c1-4(2)3-5;1-3(5)2-4;1-2;/h3-4H,1-2H3;2-3H,5H2,1H3;1-2H3;1H4. The third kappa shape index (κ3) is 77.9. The molecule has 0 aliphatic rings. The molecule has 0 rings (SSSR count). The van der Waals surface area contributed by atoms with Gasteiger partial charge in [0, 0.05) is 0 Å². The van der Waals surface area contributed by atoms with E-state index in [9.17, 15) is 0 Å². The molecule has 76 valence electrons. The number of hydrogen-bond donors (Lipinski definition) is 1. The molecule has 13 heavy (non-hydrogen) atoms. The Labute approximate surface area is 87.3 Å². The fourth-order valence-electron chi connectivity index (χ4n) is 0. The van der Waals surface area contributed by atoms with Crippen LogP contribution in [0.15, 0.2) is 0 Å². The first kappa shape index (κ1) is 23.0. The fraction of sp³-hybridized carbons (Fsp3) is 0.800. The average Bonchev–Trinajstić information content (AvgIpc) is 2.09. The van der Waals surface area contributed by atoms with Gasteiger partial charge in [0.2, 0.25) is 0 Å². The van der Waals surface area contributed by atoms with Gasteiger partial charge in [-0.3, -0.25) is 0 Å². The van der Waals surface area contributed by atoms with Crippen molar-refractivity contribution in [1.29, 1.82) is 0 Å². The molecule has 1 atom stereocenters. The molecule has 1 nitrogen and oxygen atoms in total. The van der Waals surface area contributed by atoms with Crippen LogP contribution < -0.4 is 5.73 Å². The predicted octanol–water partition coefficient (Wildman–Crippen LogP) is 1.58. The summed E-state index contributed by atoms with van der Waals surface area (Å²) in [6.45, 7) is 9.90. The molecular weight excluding hydrogens is 156 g/mol. The Morgan fingerprint density at radius 3 is 1.15 bits per heavy atom. The maximum absolute atomic E-state index is 5.11. The summed E-state index contributed by atoms with van der Waals surface area (Å²) in [7, 11) is 9.97. The van der Waals surface area contributed by atoms with Gasteiger partial charge in [-0.1, -0.05) is 21.3 Å². The van der Waals surface area contributed by atoms with Crippen LogP contribution in [0.2, 0.25) is 0 Å². The maximum atomic E-state index is 5.11. The Bertz CT molecular complexity index is 78.9. The first-order valence-electron chi connectivity index (χ1n) is 4.40. The van der Waals surface area contributed by atoms with Crippen molar-refractivity contribution < 1.29 is 0 Å². The van der Waals surface area contributed by atoms with Crippen molar-refractivity contribution in [3.05, 3.63) is 0 Å². The van der Waals surface area contributed by atoms with Crippen molar-refractivity contribution in [2.75, 3.05) is 0 Å². The molecule has 0 saturated carbocycles.